The van der Waals surface area contributed by atoms with Crippen LogP contribution in [-0.2, 0) is 14.3 Å². The first-order chi connectivity index (χ1) is 10.6. The Morgan fingerprint density at radius 3 is 2.55 bits per heavy atom. The van der Waals surface area contributed by atoms with E-state index in [1.165, 1.54) is 0 Å². The number of nitrogens with zero attached hydrogens (tertiary/aromatic N) is 1. The summed E-state index contributed by atoms with van der Waals surface area (Å²) in [6.07, 6.45) is 2.23. The number of carbonyl (C=O) groups is 3. The molecule has 1 atom stereocenters. The molecule has 1 N–H and O–H groups in total. The Bertz CT molecular complexity index is 567. The highest BCUT2D eigenvalue weighted by molar-refractivity contribution is 5.97. The van der Waals surface area contributed by atoms with Crippen molar-refractivity contribution in [2.45, 2.75) is 25.3 Å². The number of hydrogen-bond donors (Lipinski definition) is 1. The van der Waals surface area contributed by atoms with Crippen LogP contribution in [0.3, 0.4) is 0 Å². The maximum Gasteiger partial charge on any atom is 0.417 e. The molecule has 1 aromatic rings. The Morgan fingerprint density at radius 2 is 2.00 bits per heavy atom. The summed E-state index contributed by atoms with van der Waals surface area (Å²) in [5, 5.41) is 2.96. The molecule has 6 nitrogen and oxygen atoms in total. The summed E-state index contributed by atoms with van der Waals surface area (Å²) in [5.41, 5.74) is 0.864. The zero-order valence-electron chi connectivity index (χ0n) is 12.2. The largest absolute Gasteiger partial charge is 0.439 e. The summed E-state index contributed by atoms with van der Waals surface area (Å²) in [6.45, 7) is -0.128. The predicted octanol–water partition coefficient (Wildman–Crippen LogP) is 1.62. The summed E-state index contributed by atoms with van der Waals surface area (Å²) >= 11 is 0. The van der Waals surface area contributed by atoms with Crippen molar-refractivity contribution in [1.82, 2.24) is 10.2 Å². The van der Waals surface area contributed by atoms with Crippen LogP contribution in [-0.4, -0.2) is 36.0 Å². The average Bonchev–Trinajstić information content (AvgIpc) is 2.77. The summed E-state index contributed by atoms with van der Waals surface area (Å²) in [7, 11) is 0. The minimum absolute atomic E-state index is 0.0138. The number of ether oxygens (including phenoxy) is 1. The zero-order valence-corrected chi connectivity index (χ0v) is 12.2. The number of carbonyl (C=O) groups excluding carboxylic acids is 3. The first-order valence-corrected chi connectivity index (χ1v) is 7.47. The van der Waals surface area contributed by atoms with Gasteiger partial charge in [-0.05, 0) is 18.4 Å². The van der Waals surface area contributed by atoms with Crippen molar-refractivity contribution >= 4 is 17.9 Å². The fourth-order valence-corrected chi connectivity index (χ4v) is 2.62. The zero-order chi connectivity index (χ0) is 15.5. The third kappa shape index (κ3) is 2.95. The van der Waals surface area contributed by atoms with Gasteiger partial charge in [0.1, 0.15) is 0 Å². The minimum Gasteiger partial charge on any atom is -0.439 e. The van der Waals surface area contributed by atoms with Crippen LogP contribution in [0.1, 0.15) is 30.9 Å². The van der Waals surface area contributed by atoms with Crippen LogP contribution in [0.25, 0.3) is 0 Å². The molecule has 3 rings (SSSR count). The van der Waals surface area contributed by atoms with E-state index in [0.717, 1.165) is 29.7 Å². The van der Waals surface area contributed by atoms with E-state index >= 15 is 0 Å². The van der Waals surface area contributed by atoms with E-state index in [-0.39, 0.29) is 30.9 Å². The molecule has 6 heteroatoms. The van der Waals surface area contributed by atoms with Gasteiger partial charge in [-0.1, -0.05) is 36.8 Å². The van der Waals surface area contributed by atoms with Crippen molar-refractivity contribution in [1.29, 1.82) is 0 Å². The molecule has 0 spiro atoms. The lowest BCUT2D eigenvalue weighted by atomic mass is 9.84. The van der Waals surface area contributed by atoms with Gasteiger partial charge in [0.05, 0.1) is 12.6 Å². The molecular formula is C16H18N2O4. The van der Waals surface area contributed by atoms with Gasteiger partial charge in [-0.15, -0.1) is 0 Å². The molecule has 0 radical (unpaired) electrons. The van der Waals surface area contributed by atoms with E-state index in [1.807, 2.05) is 30.3 Å². The Balaban J connectivity index is 1.75. The molecule has 2 fully saturated rings. The summed E-state index contributed by atoms with van der Waals surface area (Å²) in [6, 6.07) is 8.94. The lowest BCUT2D eigenvalue weighted by Gasteiger charge is -2.28. The van der Waals surface area contributed by atoms with Gasteiger partial charge in [0.2, 0.25) is 5.91 Å². The monoisotopic (exact) mass is 302 g/mol. The molecule has 3 amide bonds. The van der Waals surface area contributed by atoms with Crippen LogP contribution in [0.5, 0.6) is 0 Å². The van der Waals surface area contributed by atoms with Crippen molar-refractivity contribution in [3.63, 3.8) is 0 Å². The maximum absolute atomic E-state index is 12.2. The molecule has 1 aromatic carbocycles. The van der Waals surface area contributed by atoms with Crippen molar-refractivity contribution in [3.8, 4) is 0 Å². The smallest absolute Gasteiger partial charge is 0.417 e. The average molecular weight is 302 g/mol. The number of imide groups is 1. The van der Waals surface area contributed by atoms with E-state index in [2.05, 4.69) is 5.32 Å². The summed E-state index contributed by atoms with van der Waals surface area (Å²) in [4.78, 5) is 36.6. The molecule has 116 valence electrons. The van der Waals surface area contributed by atoms with Gasteiger partial charge in [-0.3, -0.25) is 9.59 Å². The highest BCUT2D eigenvalue weighted by Gasteiger charge is 2.35. The fourth-order valence-electron chi connectivity index (χ4n) is 2.62. The van der Waals surface area contributed by atoms with Crippen LogP contribution in [0, 0.1) is 5.92 Å². The highest BCUT2D eigenvalue weighted by atomic mass is 16.6. The van der Waals surface area contributed by atoms with Crippen LogP contribution < -0.4 is 5.32 Å². The topological polar surface area (TPSA) is 75.7 Å². The fraction of sp³-hybridized carbons (Fsp3) is 0.438. The van der Waals surface area contributed by atoms with Crippen molar-refractivity contribution in [2.75, 3.05) is 13.2 Å². The Kier molecular flexibility index (Phi) is 4.09. The second-order valence-electron chi connectivity index (χ2n) is 5.66. The van der Waals surface area contributed by atoms with Gasteiger partial charge in [0, 0.05) is 5.92 Å². The lowest BCUT2D eigenvalue weighted by Crippen LogP contribution is -2.43. The number of amides is 3. The summed E-state index contributed by atoms with van der Waals surface area (Å²) in [5.74, 6) is -0.337. The van der Waals surface area contributed by atoms with Crippen LogP contribution in [0.2, 0.25) is 0 Å². The standard InChI is InChI=1S/C16H18N2O4/c19-14-10-22-16(21)18(14)9-13(11-5-2-1-3-6-11)17-15(20)12-7-4-8-12/h1-3,5-6,12-13H,4,7-10H2,(H,17,20). The van der Waals surface area contributed by atoms with Crippen molar-refractivity contribution in [3.05, 3.63) is 35.9 Å². The normalized spacial score (nSPS) is 19.5. The number of cyclic esters (lactones) is 1. The summed E-state index contributed by atoms with van der Waals surface area (Å²) < 4.78 is 4.72. The van der Waals surface area contributed by atoms with E-state index in [9.17, 15) is 14.4 Å². The van der Waals surface area contributed by atoms with Crippen molar-refractivity contribution in [2.24, 2.45) is 5.92 Å². The third-order valence-corrected chi connectivity index (χ3v) is 4.20. The first kappa shape index (κ1) is 14.6. The minimum atomic E-state index is -0.649. The molecule has 1 saturated heterocycles. The van der Waals surface area contributed by atoms with Gasteiger partial charge >= 0.3 is 6.09 Å². The Hall–Kier alpha value is -2.37. The third-order valence-electron chi connectivity index (χ3n) is 4.20. The van der Waals surface area contributed by atoms with E-state index in [4.69, 9.17) is 4.74 Å². The molecule has 1 heterocycles. The SMILES string of the molecule is O=C(NC(CN1C(=O)COC1=O)c1ccccc1)C1CCC1. The molecule has 1 aliphatic carbocycles. The molecule has 2 aliphatic rings. The first-order valence-electron chi connectivity index (χ1n) is 7.47. The second-order valence-corrected chi connectivity index (χ2v) is 5.66. The molecule has 0 bridgehead atoms. The number of nitrogens with one attached hydrogen (secondary N) is 1. The van der Waals surface area contributed by atoms with Crippen LogP contribution >= 0.6 is 0 Å². The number of rotatable bonds is 5. The van der Waals surface area contributed by atoms with E-state index in [0.29, 0.717) is 0 Å². The Labute approximate surface area is 128 Å². The predicted molar refractivity (Wildman–Crippen MR) is 77.7 cm³/mol. The van der Waals surface area contributed by atoms with Crippen LogP contribution in [0.4, 0.5) is 4.79 Å². The van der Waals surface area contributed by atoms with E-state index in [1.54, 1.807) is 0 Å². The molecule has 1 aliphatic heterocycles. The lowest BCUT2D eigenvalue weighted by molar-refractivity contribution is -0.130. The molecule has 1 unspecified atom stereocenters. The Morgan fingerprint density at radius 1 is 1.27 bits per heavy atom. The number of hydrogen-bond acceptors (Lipinski definition) is 4. The molecule has 22 heavy (non-hydrogen) atoms. The van der Waals surface area contributed by atoms with E-state index < -0.39 is 12.1 Å². The molecular weight excluding hydrogens is 284 g/mol. The van der Waals surface area contributed by atoms with Gasteiger partial charge in [-0.25, -0.2) is 9.69 Å². The highest BCUT2D eigenvalue weighted by Crippen LogP contribution is 2.27. The number of benzene rings is 1. The molecule has 1 saturated carbocycles. The quantitative estimate of drug-likeness (QED) is 0.897. The van der Waals surface area contributed by atoms with Gasteiger partial charge in [0.25, 0.3) is 5.91 Å². The van der Waals surface area contributed by atoms with Crippen LogP contribution in [0.15, 0.2) is 30.3 Å². The van der Waals surface area contributed by atoms with Gasteiger partial charge in [0.15, 0.2) is 6.61 Å². The molecule has 0 aromatic heterocycles. The van der Waals surface area contributed by atoms with Gasteiger partial charge < -0.3 is 10.1 Å². The maximum atomic E-state index is 12.2. The van der Waals surface area contributed by atoms with Gasteiger partial charge in [-0.2, -0.15) is 0 Å². The van der Waals surface area contributed by atoms with Crippen molar-refractivity contribution < 1.29 is 19.1 Å². The second kappa shape index (κ2) is 6.17.